The minimum Gasteiger partial charge on any atom is -0.508 e. The first-order valence-electron chi connectivity index (χ1n) is 13.1. The van der Waals surface area contributed by atoms with Crippen LogP contribution in [0.15, 0.2) is 48.9 Å². The first-order chi connectivity index (χ1) is 19.4. The minimum atomic E-state index is -2.18. The minimum absolute atomic E-state index is 0.0124. The molecule has 0 radical (unpaired) electrons. The number of nitrogens with zero attached hydrogens (tertiary/aromatic N) is 3. The van der Waals surface area contributed by atoms with Crippen molar-refractivity contribution >= 4 is 36.8 Å². The first kappa shape index (κ1) is 31.2. The molecule has 0 saturated carbocycles. The molecule has 1 aliphatic heterocycles. The molecule has 0 bridgehead atoms. The van der Waals surface area contributed by atoms with Crippen LogP contribution in [0.25, 0.3) is 0 Å². The molecule has 14 heteroatoms. The highest BCUT2D eigenvalue weighted by atomic mass is 16.6. The van der Waals surface area contributed by atoms with Gasteiger partial charge >= 0.3 is 13.1 Å². The molecule has 3 atom stereocenters. The van der Waals surface area contributed by atoms with Gasteiger partial charge in [0.25, 0.3) is 11.9 Å². The maximum Gasteiger partial charge on any atom is 0.552 e. The van der Waals surface area contributed by atoms with Crippen LogP contribution in [0.5, 0.6) is 0 Å². The number of carbonyl (C=O) groups excluding carboxylic acids is 4. The van der Waals surface area contributed by atoms with Crippen molar-refractivity contribution in [3.8, 4) is 0 Å². The lowest BCUT2D eigenvalue weighted by Gasteiger charge is -2.38. The quantitative estimate of drug-likeness (QED) is 0.309. The second-order valence-corrected chi connectivity index (χ2v) is 10.5. The van der Waals surface area contributed by atoms with E-state index in [4.69, 9.17) is 9.31 Å². The predicted molar refractivity (Wildman–Crippen MR) is 146 cm³/mol. The third kappa shape index (κ3) is 8.58. The van der Waals surface area contributed by atoms with Gasteiger partial charge in [-0.05, 0) is 17.9 Å². The lowest BCUT2D eigenvalue weighted by atomic mass is 9.70. The van der Waals surface area contributed by atoms with Crippen LogP contribution in [0.4, 0.5) is 0 Å². The lowest BCUT2D eigenvalue weighted by Crippen LogP contribution is -2.63. The molecule has 2 aromatic rings. The van der Waals surface area contributed by atoms with E-state index in [1.54, 1.807) is 24.3 Å². The highest BCUT2D eigenvalue weighted by Gasteiger charge is 2.55. The van der Waals surface area contributed by atoms with Gasteiger partial charge in [-0.1, -0.05) is 44.2 Å². The van der Waals surface area contributed by atoms with Crippen molar-refractivity contribution < 1.29 is 38.4 Å². The van der Waals surface area contributed by atoms with E-state index in [1.165, 1.54) is 37.6 Å². The van der Waals surface area contributed by atoms with Crippen molar-refractivity contribution in [3.05, 3.63) is 60.2 Å². The summed E-state index contributed by atoms with van der Waals surface area (Å²) in [5.41, 5.74) is -1.40. The highest BCUT2D eigenvalue weighted by Crippen LogP contribution is 2.30. The van der Waals surface area contributed by atoms with Gasteiger partial charge in [0.2, 0.25) is 11.8 Å². The average Bonchev–Trinajstić information content (AvgIpc) is 2.92. The van der Waals surface area contributed by atoms with E-state index in [9.17, 15) is 29.1 Å². The number of aliphatic carboxylic acids is 1. The molecular weight excluding hydrogens is 533 g/mol. The Balaban J connectivity index is 1.88. The van der Waals surface area contributed by atoms with Gasteiger partial charge in [0.15, 0.2) is 5.60 Å². The van der Waals surface area contributed by atoms with Crippen LogP contribution in [-0.4, -0.2) is 88.4 Å². The summed E-state index contributed by atoms with van der Waals surface area (Å²) in [5, 5.41) is 15.5. The molecule has 0 aliphatic carbocycles. The second kappa shape index (κ2) is 13.8. The predicted octanol–water partition coefficient (Wildman–Crippen LogP) is 0.641. The third-order valence-corrected chi connectivity index (χ3v) is 6.43. The van der Waals surface area contributed by atoms with Crippen molar-refractivity contribution in [2.45, 2.75) is 57.1 Å². The zero-order chi connectivity index (χ0) is 30.2. The fraction of sp³-hybridized carbons (Fsp3) is 0.444. The average molecular weight is 567 g/mol. The molecule has 0 spiro atoms. The Hall–Kier alpha value is -4.33. The number of carboxylic acids is 1. The van der Waals surface area contributed by atoms with Gasteiger partial charge < -0.3 is 29.9 Å². The van der Waals surface area contributed by atoms with Crippen LogP contribution in [0.3, 0.4) is 0 Å². The van der Waals surface area contributed by atoms with Crippen LogP contribution in [0.2, 0.25) is 0 Å². The van der Waals surface area contributed by atoms with Crippen molar-refractivity contribution in [2.24, 2.45) is 5.92 Å². The molecule has 3 rings (SSSR count). The molecule has 1 aromatic carbocycles. The fourth-order valence-electron chi connectivity index (χ4n) is 4.30. The normalized spacial score (nSPS) is 18.2. The van der Waals surface area contributed by atoms with Gasteiger partial charge in [0.05, 0.1) is 25.0 Å². The molecule has 2 heterocycles. The Bertz CT molecular complexity index is 1250. The van der Waals surface area contributed by atoms with Crippen molar-refractivity contribution in [2.75, 3.05) is 14.1 Å². The molecule has 1 fully saturated rings. The molecule has 1 aromatic heterocycles. The highest BCUT2D eigenvalue weighted by molar-refractivity contribution is 6.50. The summed E-state index contributed by atoms with van der Waals surface area (Å²) in [7, 11) is 1.42. The number of amides is 3. The molecular formula is C27H34BN5O8. The smallest absolute Gasteiger partial charge is 0.508 e. The van der Waals surface area contributed by atoms with E-state index in [0.717, 1.165) is 5.56 Å². The third-order valence-electron chi connectivity index (χ3n) is 6.43. The Kier molecular flexibility index (Phi) is 10.5. The fourth-order valence-corrected chi connectivity index (χ4v) is 4.30. The summed E-state index contributed by atoms with van der Waals surface area (Å²) in [6.45, 7) is 3.72. The topological polar surface area (TPSA) is 177 Å². The van der Waals surface area contributed by atoms with E-state index in [0.29, 0.717) is 0 Å². The Morgan fingerprint density at radius 2 is 1.83 bits per heavy atom. The van der Waals surface area contributed by atoms with E-state index in [-0.39, 0.29) is 24.5 Å². The Morgan fingerprint density at radius 3 is 2.41 bits per heavy atom. The summed E-state index contributed by atoms with van der Waals surface area (Å²) < 4.78 is 11.2. The number of nitrogens with one attached hydrogen (secondary N) is 2. The molecule has 41 heavy (non-hydrogen) atoms. The van der Waals surface area contributed by atoms with Crippen molar-refractivity contribution in [3.63, 3.8) is 0 Å². The zero-order valence-electron chi connectivity index (χ0n) is 23.4. The second-order valence-electron chi connectivity index (χ2n) is 10.5. The zero-order valence-corrected chi connectivity index (χ0v) is 23.4. The molecule has 13 nitrogen and oxygen atoms in total. The summed E-state index contributed by atoms with van der Waals surface area (Å²) in [5.74, 6) is -5.22. The number of carboxylic acid groups (broad SMARTS) is 1. The number of hydrogen-bond acceptors (Lipinski definition) is 9. The van der Waals surface area contributed by atoms with Gasteiger partial charge in [-0.15, -0.1) is 0 Å². The number of aromatic nitrogens is 2. The van der Waals surface area contributed by atoms with Gasteiger partial charge in [-0.3, -0.25) is 24.2 Å². The lowest BCUT2D eigenvalue weighted by molar-refractivity contribution is -0.173. The van der Waals surface area contributed by atoms with Crippen molar-refractivity contribution in [1.29, 1.82) is 0 Å². The largest absolute Gasteiger partial charge is 0.552 e. The van der Waals surface area contributed by atoms with E-state index in [1.807, 2.05) is 19.9 Å². The summed E-state index contributed by atoms with van der Waals surface area (Å²) in [4.78, 5) is 73.0. The van der Waals surface area contributed by atoms with Crippen LogP contribution < -0.4 is 10.6 Å². The standard InChI is InChI=1S/C27H34BN5O8/c1-17(2)12-21(28-40-23(35)15-27(41-28,26(38)39)14-22(34)33(3)4)32-24(36)19(13-18-8-6-5-7-9-18)31-25(37)20-16-29-10-11-30-20/h5-11,16-17,19,21H,12-15H2,1-4H3,(H,31,37)(H,32,36)(H,38,39)/t19?,21-,27?/m0/s1. The van der Waals surface area contributed by atoms with E-state index in [2.05, 4.69) is 20.6 Å². The van der Waals surface area contributed by atoms with Gasteiger partial charge in [0, 0.05) is 32.9 Å². The van der Waals surface area contributed by atoms with Crippen LogP contribution in [0, 0.1) is 5.92 Å². The van der Waals surface area contributed by atoms with Crippen molar-refractivity contribution in [1.82, 2.24) is 25.5 Å². The molecule has 3 amide bonds. The van der Waals surface area contributed by atoms with E-state index >= 15 is 0 Å². The molecule has 2 unspecified atom stereocenters. The number of carbonyl (C=O) groups is 5. The van der Waals surface area contributed by atoms with E-state index < -0.39 is 67.2 Å². The summed E-state index contributed by atoms with van der Waals surface area (Å²) in [6.07, 6.45) is 3.11. The monoisotopic (exact) mass is 567 g/mol. The molecule has 1 aliphatic rings. The number of rotatable bonds is 12. The maximum absolute atomic E-state index is 13.7. The molecule has 3 N–H and O–H groups in total. The van der Waals surface area contributed by atoms with Crippen LogP contribution >= 0.6 is 0 Å². The summed E-state index contributed by atoms with van der Waals surface area (Å²) >= 11 is 0. The van der Waals surface area contributed by atoms with Crippen LogP contribution in [-0.2, 0) is 34.9 Å². The van der Waals surface area contributed by atoms with Crippen LogP contribution in [0.1, 0.15) is 49.2 Å². The molecule has 218 valence electrons. The molecule has 1 saturated heterocycles. The summed E-state index contributed by atoms with van der Waals surface area (Å²) in [6, 6.07) is 7.93. The SMILES string of the molecule is CC(C)C[C@H](NC(=O)C(Cc1ccccc1)NC(=O)c1cnccn1)B1OC(=O)CC(CC(=O)N(C)C)(C(=O)O)O1. The Labute approximate surface area is 238 Å². The first-order valence-corrected chi connectivity index (χ1v) is 13.1. The van der Waals surface area contributed by atoms with Gasteiger partial charge in [-0.2, -0.15) is 0 Å². The maximum atomic E-state index is 13.7. The Morgan fingerprint density at radius 1 is 1.12 bits per heavy atom. The number of benzene rings is 1. The van der Waals surface area contributed by atoms with Gasteiger partial charge in [-0.25, -0.2) is 9.78 Å². The van der Waals surface area contributed by atoms with Gasteiger partial charge in [0.1, 0.15) is 11.7 Å². The number of hydrogen-bond donors (Lipinski definition) is 3.